The monoisotopic (exact) mass is 262 g/mol. The van der Waals surface area contributed by atoms with Crippen LogP contribution in [-0.4, -0.2) is 40.8 Å². The summed E-state index contributed by atoms with van der Waals surface area (Å²) in [4.78, 5) is 36.2. The normalized spacial score (nSPS) is 18.9. The number of phenolic OH excluding ortho intramolecular Hbond substituents is 1. The van der Waals surface area contributed by atoms with Crippen molar-refractivity contribution in [2.75, 3.05) is 7.05 Å². The molecule has 0 aromatic heterocycles. The first-order valence-electron chi connectivity index (χ1n) is 5.89. The number of amides is 3. The van der Waals surface area contributed by atoms with E-state index in [0.29, 0.717) is 12.0 Å². The van der Waals surface area contributed by atoms with E-state index < -0.39 is 11.9 Å². The van der Waals surface area contributed by atoms with Gasteiger partial charge in [0.05, 0.1) is 0 Å². The topological polar surface area (TPSA) is 86.7 Å². The summed E-state index contributed by atoms with van der Waals surface area (Å²) < 4.78 is 0. The molecule has 2 rings (SSSR count). The zero-order valence-corrected chi connectivity index (χ0v) is 10.4. The minimum Gasteiger partial charge on any atom is -0.508 e. The third-order valence-corrected chi connectivity index (χ3v) is 3.11. The number of aromatic hydroxyl groups is 1. The molecule has 1 heterocycles. The van der Waals surface area contributed by atoms with E-state index in [-0.39, 0.29) is 24.0 Å². The van der Waals surface area contributed by atoms with Gasteiger partial charge in [-0.05, 0) is 30.7 Å². The van der Waals surface area contributed by atoms with Gasteiger partial charge >= 0.3 is 0 Å². The molecule has 1 atom stereocenters. The molecule has 6 heteroatoms. The van der Waals surface area contributed by atoms with Crippen LogP contribution in [0.25, 0.3) is 0 Å². The van der Waals surface area contributed by atoms with E-state index >= 15 is 0 Å². The van der Waals surface area contributed by atoms with Crippen molar-refractivity contribution in [1.82, 2.24) is 10.2 Å². The second-order valence-electron chi connectivity index (χ2n) is 4.43. The third kappa shape index (κ3) is 2.73. The van der Waals surface area contributed by atoms with Gasteiger partial charge in [0.25, 0.3) is 5.91 Å². The van der Waals surface area contributed by atoms with Crippen LogP contribution in [0.2, 0.25) is 0 Å². The Morgan fingerprint density at radius 3 is 2.53 bits per heavy atom. The van der Waals surface area contributed by atoms with Crippen LogP contribution in [0.15, 0.2) is 24.3 Å². The SMILES string of the molecule is CN(C(=O)c1ccc(O)cc1)C1CCC(=O)NC1=O. The van der Waals surface area contributed by atoms with Gasteiger partial charge in [-0.2, -0.15) is 0 Å². The second-order valence-corrected chi connectivity index (χ2v) is 4.43. The summed E-state index contributed by atoms with van der Waals surface area (Å²) in [6, 6.07) is 5.15. The van der Waals surface area contributed by atoms with Crippen molar-refractivity contribution in [1.29, 1.82) is 0 Å². The Morgan fingerprint density at radius 1 is 1.32 bits per heavy atom. The molecule has 3 amide bonds. The summed E-state index contributed by atoms with van der Waals surface area (Å²) >= 11 is 0. The molecule has 0 bridgehead atoms. The van der Waals surface area contributed by atoms with Crippen LogP contribution < -0.4 is 5.32 Å². The van der Waals surface area contributed by atoms with E-state index in [0.717, 1.165) is 0 Å². The van der Waals surface area contributed by atoms with Gasteiger partial charge in [-0.25, -0.2) is 0 Å². The number of piperidine rings is 1. The van der Waals surface area contributed by atoms with Gasteiger partial charge in [0.15, 0.2) is 0 Å². The van der Waals surface area contributed by atoms with Crippen molar-refractivity contribution in [3.8, 4) is 5.75 Å². The van der Waals surface area contributed by atoms with Crippen LogP contribution in [0, 0.1) is 0 Å². The maximum absolute atomic E-state index is 12.2. The number of nitrogens with one attached hydrogen (secondary N) is 1. The highest BCUT2D eigenvalue weighted by molar-refractivity contribution is 6.03. The standard InChI is InChI=1S/C13H14N2O4/c1-15(10-6-7-11(17)14-12(10)18)13(19)8-2-4-9(16)5-3-8/h2-5,10,16H,6-7H2,1H3,(H,14,17,18). The third-order valence-electron chi connectivity index (χ3n) is 3.11. The van der Waals surface area contributed by atoms with Crippen molar-refractivity contribution in [3.05, 3.63) is 29.8 Å². The molecule has 1 unspecified atom stereocenters. The smallest absolute Gasteiger partial charge is 0.254 e. The van der Waals surface area contributed by atoms with Crippen LogP contribution in [0.5, 0.6) is 5.75 Å². The molecule has 0 radical (unpaired) electrons. The number of imide groups is 1. The van der Waals surface area contributed by atoms with Gasteiger partial charge in [-0.3, -0.25) is 19.7 Å². The fourth-order valence-electron chi connectivity index (χ4n) is 2.00. The molecule has 0 aliphatic carbocycles. The Morgan fingerprint density at radius 2 is 1.95 bits per heavy atom. The average Bonchev–Trinajstić information content (AvgIpc) is 2.38. The maximum Gasteiger partial charge on any atom is 0.254 e. The Labute approximate surface area is 110 Å². The molecule has 0 saturated carbocycles. The van der Waals surface area contributed by atoms with E-state index in [1.54, 1.807) is 0 Å². The maximum atomic E-state index is 12.2. The lowest BCUT2D eigenvalue weighted by molar-refractivity contribution is -0.136. The first-order chi connectivity index (χ1) is 8.99. The number of hydrogen-bond donors (Lipinski definition) is 2. The van der Waals surface area contributed by atoms with Gasteiger partial charge in [0.2, 0.25) is 11.8 Å². The molecule has 100 valence electrons. The van der Waals surface area contributed by atoms with Gasteiger partial charge in [0, 0.05) is 19.0 Å². The quantitative estimate of drug-likeness (QED) is 0.749. The van der Waals surface area contributed by atoms with E-state index in [2.05, 4.69) is 5.32 Å². The number of benzene rings is 1. The second kappa shape index (κ2) is 5.09. The summed E-state index contributed by atoms with van der Waals surface area (Å²) in [5.41, 5.74) is 0.380. The first kappa shape index (κ1) is 13.1. The van der Waals surface area contributed by atoms with E-state index in [1.807, 2.05) is 0 Å². The van der Waals surface area contributed by atoms with Gasteiger partial charge in [0.1, 0.15) is 11.8 Å². The zero-order valence-electron chi connectivity index (χ0n) is 10.4. The molecule has 1 aromatic carbocycles. The highest BCUT2D eigenvalue weighted by atomic mass is 16.3. The largest absolute Gasteiger partial charge is 0.508 e. The molecule has 1 aliphatic heterocycles. The van der Waals surface area contributed by atoms with E-state index in [4.69, 9.17) is 0 Å². The summed E-state index contributed by atoms with van der Waals surface area (Å²) in [6.45, 7) is 0. The van der Waals surface area contributed by atoms with Crippen molar-refractivity contribution >= 4 is 17.7 Å². The molecule has 1 saturated heterocycles. The number of hydrogen-bond acceptors (Lipinski definition) is 4. The minimum absolute atomic E-state index is 0.0696. The minimum atomic E-state index is -0.640. The lowest BCUT2D eigenvalue weighted by atomic mass is 10.0. The van der Waals surface area contributed by atoms with E-state index in [1.165, 1.54) is 36.2 Å². The van der Waals surface area contributed by atoms with Crippen molar-refractivity contribution in [3.63, 3.8) is 0 Å². The molecule has 1 aromatic rings. The molecule has 0 spiro atoms. The van der Waals surface area contributed by atoms with E-state index in [9.17, 15) is 19.5 Å². The van der Waals surface area contributed by atoms with Crippen molar-refractivity contribution in [2.45, 2.75) is 18.9 Å². The Balaban J connectivity index is 2.13. The number of phenols is 1. The molecular weight excluding hydrogens is 248 g/mol. The predicted octanol–water partition coefficient (Wildman–Crippen LogP) is 0.269. The van der Waals surface area contributed by atoms with Crippen LogP contribution >= 0.6 is 0 Å². The first-order valence-corrected chi connectivity index (χ1v) is 5.89. The van der Waals surface area contributed by atoms with Crippen LogP contribution in [0.3, 0.4) is 0 Å². The number of carbonyl (C=O) groups excluding carboxylic acids is 3. The summed E-state index contributed by atoms with van der Waals surface area (Å²) in [6.07, 6.45) is 0.550. The lowest BCUT2D eigenvalue weighted by Gasteiger charge is -2.29. The lowest BCUT2D eigenvalue weighted by Crippen LogP contribution is -2.52. The number of rotatable bonds is 2. The number of carbonyl (C=O) groups is 3. The summed E-state index contributed by atoms with van der Waals surface area (Å²) in [7, 11) is 1.52. The fraction of sp³-hybridized carbons (Fsp3) is 0.308. The zero-order chi connectivity index (χ0) is 14.0. The van der Waals surface area contributed by atoms with Crippen molar-refractivity contribution in [2.24, 2.45) is 0 Å². The van der Waals surface area contributed by atoms with Gasteiger partial charge in [-0.1, -0.05) is 0 Å². The van der Waals surface area contributed by atoms with Gasteiger partial charge < -0.3 is 10.0 Å². The predicted molar refractivity (Wildman–Crippen MR) is 66.4 cm³/mol. The molecule has 6 nitrogen and oxygen atoms in total. The van der Waals surface area contributed by atoms with Crippen LogP contribution in [0.4, 0.5) is 0 Å². The molecule has 1 aliphatic rings. The Kier molecular flexibility index (Phi) is 3.50. The highest BCUT2D eigenvalue weighted by Gasteiger charge is 2.32. The number of nitrogens with zero attached hydrogens (tertiary/aromatic N) is 1. The molecule has 19 heavy (non-hydrogen) atoms. The van der Waals surface area contributed by atoms with Gasteiger partial charge in [-0.15, -0.1) is 0 Å². The fourth-order valence-corrected chi connectivity index (χ4v) is 2.00. The molecule has 1 fully saturated rings. The summed E-state index contributed by atoms with van der Waals surface area (Å²) in [5.74, 6) is -1.02. The molecule has 2 N–H and O–H groups in total. The number of likely N-dealkylation sites (N-methyl/N-ethyl adjacent to an activating group) is 1. The summed E-state index contributed by atoms with van der Waals surface area (Å²) in [5, 5.41) is 11.4. The Hall–Kier alpha value is -2.37. The van der Waals surface area contributed by atoms with Crippen molar-refractivity contribution < 1.29 is 19.5 Å². The van der Waals surface area contributed by atoms with Crippen LogP contribution in [-0.2, 0) is 9.59 Å². The highest BCUT2D eigenvalue weighted by Crippen LogP contribution is 2.16. The van der Waals surface area contributed by atoms with Crippen LogP contribution in [0.1, 0.15) is 23.2 Å². The Bertz CT molecular complexity index is 524. The molecular formula is C13H14N2O4. The average molecular weight is 262 g/mol.